The number of nitrogens with one attached hydrogen (secondary N) is 3. The number of carbonyl (C=O) groups excluding carboxylic acids is 1. The van der Waals surface area contributed by atoms with Gasteiger partial charge in [0.15, 0.2) is 17.5 Å². The van der Waals surface area contributed by atoms with E-state index in [4.69, 9.17) is 0 Å². The van der Waals surface area contributed by atoms with Crippen LogP contribution in [0.25, 0.3) is 0 Å². The average Bonchev–Trinajstić information content (AvgIpc) is 3.30. The molecule has 198 valence electrons. The maximum atomic E-state index is 14.4. The van der Waals surface area contributed by atoms with E-state index in [1.165, 1.54) is 0 Å². The van der Waals surface area contributed by atoms with E-state index in [2.05, 4.69) is 49.4 Å². The van der Waals surface area contributed by atoms with Crippen LogP contribution in [0.4, 0.5) is 34.0 Å². The number of aromatic amines is 1. The van der Waals surface area contributed by atoms with Gasteiger partial charge in [-0.25, -0.2) is 22.9 Å². The number of anilines is 2. The number of ether oxygens (including phenoxy) is 1. The average molecular weight is 515 g/mol. The second-order valence-corrected chi connectivity index (χ2v) is 10.4. The summed E-state index contributed by atoms with van der Waals surface area (Å²) in [4.78, 5) is 24.4. The third kappa shape index (κ3) is 4.20. The van der Waals surface area contributed by atoms with Gasteiger partial charge in [0.05, 0.1) is 29.5 Å². The van der Waals surface area contributed by atoms with E-state index in [9.17, 15) is 22.4 Å². The maximum Gasteiger partial charge on any atom is 0.321 e. The van der Waals surface area contributed by atoms with Gasteiger partial charge in [-0.05, 0) is 41.5 Å². The highest BCUT2D eigenvalue weighted by atomic mass is 19.3. The van der Waals surface area contributed by atoms with Gasteiger partial charge in [-0.2, -0.15) is 14.5 Å². The summed E-state index contributed by atoms with van der Waals surface area (Å²) >= 11 is 0. The number of urea groups is 1. The van der Waals surface area contributed by atoms with Gasteiger partial charge in [0.25, 0.3) is 0 Å². The van der Waals surface area contributed by atoms with Gasteiger partial charge < -0.3 is 25.2 Å². The zero-order valence-electron chi connectivity index (χ0n) is 20.9. The molecule has 10 nitrogen and oxygen atoms in total. The van der Waals surface area contributed by atoms with E-state index in [1.54, 1.807) is 4.90 Å². The number of hydrogen-bond donors (Lipinski definition) is 3. The molecular formula is C22H30F4N8O2. The van der Waals surface area contributed by atoms with E-state index in [1.807, 2.05) is 32.6 Å². The predicted molar refractivity (Wildman–Crippen MR) is 122 cm³/mol. The molecule has 36 heavy (non-hydrogen) atoms. The monoisotopic (exact) mass is 514 g/mol. The number of halogens is 4. The zero-order chi connectivity index (χ0) is 26.6. The number of hydrogen-bond acceptors (Lipinski definition) is 7. The Balaban J connectivity index is 1.59. The molecular weight excluding hydrogens is 484 g/mol. The molecule has 2 aromatic rings. The number of rotatable bonds is 5. The van der Waals surface area contributed by atoms with Gasteiger partial charge in [0.2, 0.25) is 0 Å². The lowest BCUT2D eigenvalue weighted by atomic mass is 9.79. The molecule has 2 aliphatic rings. The highest BCUT2D eigenvalue weighted by molar-refractivity contribution is 5.79. The van der Waals surface area contributed by atoms with Crippen molar-refractivity contribution in [1.82, 2.24) is 35.3 Å². The summed E-state index contributed by atoms with van der Waals surface area (Å²) in [5.74, 6) is -1.19. The molecule has 2 aliphatic heterocycles. The summed E-state index contributed by atoms with van der Waals surface area (Å²) in [7, 11) is 0. The van der Waals surface area contributed by atoms with E-state index in [-0.39, 0.29) is 23.9 Å². The third-order valence-corrected chi connectivity index (χ3v) is 7.41. The lowest BCUT2D eigenvalue weighted by Crippen LogP contribution is -2.72. The van der Waals surface area contributed by atoms with Crippen molar-refractivity contribution in [2.45, 2.75) is 77.5 Å². The van der Waals surface area contributed by atoms with Crippen molar-refractivity contribution in [1.29, 1.82) is 0 Å². The van der Waals surface area contributed by atoms with Crippen LogP contribution in [0.1, 0.15) is 52.8 Å². The molecule has 0 bridgehead atoms. The van der Waals surface area contributed by atoms with Crippen LogP contribution in [0.2, 0.25) is 0 Å². The number of nitrogens with zero attached hydrogens (tertiary/aromatic N) is 5. The van der Waals surface area contributed by atoms with Crippen LogP contribution >= 0.6 is 0 Å². The van der Waals surface area contributed by atoms with E-state index in [0.717, 1.165) is 0 Å². The van der Waals surface area contributed by atoms with Crippen molar-refractivity contribution < 1.29 is 27.1 Å². The van der Waals surface area contributed by atoms with Crippen LogP contribution in [0.5, 0.6) is 6.01 Å². The molecule has 0 aromatic carbocycles. The molecule has 3 N–H and O–H groups in total. The summed E-state index contributed by atoms with van der Waals surface area (Å²) in [5.41, 5.74) is -0.307. The number of carbonyl (C=O) groups is 1. The molecule has 1 unspecified atom stereocenters. The smallest absolute Gasteiger partial charge is 0.321 e. The first-order valence-electron chi connectivity index (χ1n) is 11.5. The second-order valence-electron chi connectivity index (χ2n) is 10.4. The van der Waals surface area contributed by atoms with Gasteiger partial charge in [0, 0.05) is 24.2 Å². The Morgan fingerprint density at radius 3 is 2.50 bits per heavy atom. The quantitative estimate of drug-likeness (QED) is 0.523. The van der Waals surface area contributed by atoms with Crippen molar-refractivity contribution in [3.05, 3.63) is 23.3 Å². The first kappa shape index (κ1) is 25.9. The maximum absolute atomic E-state index is 14.4. The Hall–Kier alpha value is -3.16. The second kappa shape index (κ2) is 8.75. The minimum absolute atomic E-state index is 0.153. The Morgan fingerprint density at radius 2 is 1.83 bits per heavy atom. The van der Waals surface area contributed by atoms with Gasteiger partial charge >= 0.3 is 24.8 Å². The van der Waals surface area contributed by atoms with Crippen molar-refractivity contribution in [2.24, 2.45) is 0 Å². The third-order valence-electron chi connectivity index (χ3n) is 7.41. The predicted octanol–water partition coefficient (Wildman–Crippen LogP) is 3.66. The minimum Gasteiger partial charge on any atom is -0.422 e. The summed E-state index contributed by atoms with van der Waals surface area (Å²) in [6, 6.07) is -0.917. The zero-order valence-corrected chi connectivity index (χ0v) is 20.9. The molecule has 1 fully saturated rings. The van der Waals surface area contributed by atoms with E-state index in [0.29, 0.717) is 30.5 Å². The highest BCUT2D eigenvalue weighted by Gasteiger charge is 2.51. The first-order valence-corrected chi connectivity index (χ1v) is 11.5. The van der Waals surface area contributed by atoms with E-state index < -0.39 is 41.5 Å². The van der Waals surface area contributed by atoms with Gasteiger partial charge in [-0.15, -0.1) is 0 Å². The number of aromatic nitrogens is 4. The number of piperazine rings is 1. The lowest BCUT2D eigenvalue weighted by Gasteiger charge is -2.55. The fraction of sp³-hybridized carbons (Fsp3) is 0.636. The Bertz CT molecular complexity index is 1150. The largest absolute Gasteiger partial charge is 0.422 e. The minimum atomic E-state index is -3.42. The SMILES string of the molecule is CC1(C)c2[nH]nc(Nc3nc(OC(F)C(F)F)ncc3F)c2CN1C(=O)N1CCNC(C)(C)C1(C)C. The summed E-state index contributed by atoms with van der Waals surface area (Å²) in [6.07, 6.45) is -5.71. The van der Waals surface area contributed by atoms with Gasteiger partial charge in [-0.1, -0.05) is 0 Å². The van der Waals surface area contributed by atoms with Crippen molar-refractivity contribution in [2.75, 3.05) is 18.4 Å². The number of amides is 2. The lowest BCUT2D eigenvalue weighted by molar-refractivity contribution is -0.0713. The van der Waals surface area contributed by atoms with Crippen LogP contribution in [0.15, 0.2) is 6.20 Å². The molecule has 1 saturated heterocycles. The van der Waals surface area contributed by atoms with Crippen LogP contribution in [-0.4, -0.2) is 72.9 Å². The molecule has 4 rings (SSSR count). The number of alkyl halides is 3. The molecule has 4 heterocycles. The van der Waals surface area contributed by atoms with Crippen LogP contribution in [0, 0.1) is 5.82 Å². The normalized spacial score (nSPS) is 20.9. The molecule has 0 spiro atoms. The van der Waals surface area contributed by atoms with Crippen LogP contribution in [0.3, 0.4) is 0 Å². The molecule has 0 aliphatic carbocycles. The van der Waals surface area contributed by atoms with Crippen LogP contribution < -0.4 is 15.4 Å². The standard InChI is InChI=1S/C22H30F4N8O2/c1-20(2)13-11(10-34(20)19(35)33-8-7-28-21(3,4)22(33,5)6)16(32-31-13)29-17-12(23)9-27-18(30-17)36-15(26)14(24)25/h9,14-15,28H,7-8,10H2,1-6H3,(H2,27,29,30,31,32). The first-order chi connectivity index (χ1) is 16.7. The summed E-state index contributed by atoms with van der Waals surface area (Å²) in [5, 5.41) is 13.2. The topological polar surface area (TPSA) is 111 Å². The molecule has 0 radical (unpaired) electrons. The van der Waals surface area contributed by atoms with Gasteiger partial charge in [-0.3, -0.25) is 5.10 Å². The highest BCUT2D eigenvalue weighted by Crippen LogP contribution is 2.43. The Kier molecular flexibility index (Phi) is 6.30. The molecule has 14 heteroatoms. The fourth-order valence-corrected chi connectivity index (χ4v) is 4.48. The molecule has 1 atom stereocenters. The van der Waals surface area contributed by atoms with E-state index >= 15 is 0 Å². The number of fused-ring (bicyclic) bond motifs is 1. The number of H-pyrrole nitrogens is 1. The summed E-state index contributed by atoms with van der Waals surface area (Å²) in [6.45, 7) is 13.2. The van der Waals surface area contributed by atoms with Gasteiger partial charge in [0.1, 0.15) is 0 Å². The summed E-state index contributed by atoms with van der Waals surface area (Å²) < 4.78 is 56.8. The van der Waals surface area contributed by atoms with Crippen LogP contribution in [-0.2, 0) is 12.1 Å². The molecule has 2 aromatic heterocycles. The Labute approximate surface area is 205 Å². The molecule has 2 amide bonds. The van der Waals surface area contributed by atoms with Crippen molar-refractivity contribution in [3.63, 3.8) is 0 Å². The molecule has 0 saturated carbocycles. The Morgan fingerprint density at radius 1 is 1.14 bits per heavy atom. The van der Waals surface area contributed by atoms with Crippen molar-refractivity contribution >= 4 is 17.7 Å². The van der Waals surface area contributed by atoms with Crippen molar-refractivity contribution in [3.8, 4) is 6.01 Å². The fourth-order valence-electron chi connectivity index (χ4n) is 4.48.